The van der Waals surface area contributed by atoms with Crippen LogP contribution in [0.5, 0.6) is 0 Å². The molecule has 17 heavy (non-hydrogen) atoms. The van der Waals surface area contributed by atoms with Crippen molar-refractivity contribution in [1.29, 1.82) is 0 Å². The van der Waals surface area contributed by atoms with E-state index in [2.05, 4.69) is 10.6 Å². The number of ether oxygens (including phenoxy) is 1. The summed E-state index contributed by atoms with van der Waals surface area (Å²) < 4.78 is 18.8. The summed E-state index contributed by atoms with van der Waals surface area (Å²) >= 11 is 5.61. The van der Waals surface area contributed by atoms with Crippen molar-refractivity contribution in [1.82, 2.24) is 5.32 Å². The lowest BCUT2D eigenvalue weighted by Gasteiger charge is -2.22. The Labute approximate surface area is 103 Å². The number of hydrogen-bond donors (Lipinski definition) is 2. The average molecular weight is 259 g/mol. The van der Waals surface area contributed by atoms with E-state index in [-0.39, 0.29) is 16.6 Å². The number of carbonyl (C=O) groups is 1. The fraction of sp³-hybridized carbons (Fsp3) is 0.364. The molecule has 1 amide bonds. The number of carbonyl (C=O) groups excluding carboxylic acids is 1. The van der Waals surface area contributed by atoms with Crippen LogP contribution in [0.25, 0.3) is 0 Å². The van der Waals surface area contributed by atoms with E-state index in [1.807, 2.05) is 0 Å². The molecule has 1 aliphatic heterocycles. The first-order valence-electron chi connectivity index (χ1n) is 5.25. The van der Waals surface area contributed by atoms with E-state index >= 15 is 0 Å². The highest BCUT2D eigenvalue weighted by Gasteiger charge is 2.22. The Bertz CT molecular complexity index is 422. The van der Waals surface area contributed by atoms with Crippen molar-refractivity contribution in [3.8, 4) is 0 Å². The monoisotopic (exact) mass is 258 g/mol. The molecule has 1 unspecified atom stereocenters. The molecule has 1 fully saturated rings. The maximum atomic E-state index is 13.5. The summed E-state index contributed by atoms with van der Waals surface area (Å²) in [7, 11) is 0. The van der Waals surface area contributed by atoms with Crippen LogP contribution in [-0.2, 0) is 9.53 Å². The molecule has 0 bridgehead atoms. The van der Waals surface area contributed by atoms with Gasteiger partial charge in [-0.3, -0.25) is 4.79 Å². The highest BCUT2D eigenvalue weighted by Crippen LogP contribution is 2.22. The van der Waals surface area contributed by atoms with Crippen LogP contribution in [-0.4, -0.2) is 31.7 Å². The van der Waals surface area contributed by atoms with Gasteiger partial charge in [-0.2, -0.15) is 0 Å². The summed E-state index contributed by atoms with van der Waals surface area (Å²) in [5.74, 6) is -1.01. The summed E-state index contributed by atoms with van der Waals surface area (Å²) in [4.78, 5) is 11.7. The Kier molecular flexibility index (Phi) is 3.93. The van der Waals surface area contributed by atoms with Crippen molar-refractivity contribution in [3.05, 3.63) is 29.0 Å². The molecule has 1 aromatic rings. The minimum Gasteiger partial charge on any atom is -0.366 e. The third-order valence-electron chi connectivity index (χ3n) is 2.43. The van der Waals surface area contributed by atoms with Crippen LogP contribution in [0.15, 0.2) is 18.2 Å². The Morgan fingerprint density at radius 2 is 2.41 bits per heavy atom. The first-order chi connectivity index (χ1) is 8.18. The summed E-state index contributed by atoms with van der Waals surface area (Å²) in [5, 5.41) is 5.46. The van der Waals surface area contributed by atoms with E-state index < -0.39 is 11.9 Å². The third kappa shape index (κ3) is 2.94. The van der Waals surface area contributed by atoms with E-state index in [4.69, 9.17) is 16.3 Å². The molecular weight excluding hydrogens is 247 g/mol. The van der Waals surface area contributed by atoms with E-state index in [0.717, 1.165) is 6.54 Å². The lowest BCUT2D eigenvalue weighted by molar-refractivity contribution is -0.128. The molecule has 4 nitrogen and oxygen atoms in total. The van der Waals surface area contributed by atoms with Crippen LogP contribution in [0.2, 0.25) is 5.02 Å². The first kappa shape index (κ1) is 12.3. The molecular formula is C11H12ClFN2O2. The van der Waals surface area contributed by atoms with Crippen molar-refractivity contribution < 1.29 is 13.9 Å². The molecule has 0 aromatic heterocycles. The van der Waals surface area contributed by atoms with Gasteiger partial charge >= 0.3 is 0 Å². The molecule has 6 heteroatoms. The van der Waals surface area contributed by atoms with Gasteiger partial charge in [0.25, 0.3) is 5.91 Å². The van der Waals surface area contributed by atoms with Crippen LogP contribution in [0.3, 0.4) is 0 Å². The highest BCUT2D eigenvalue weighted by atomic mass is 35.5. The molecule has 1 atom stereocenters. The van der Waals surface area contributed by atoms with Gasteiger partial charge < -0.3 is 15.4 Å². The molecule has 0 radical (unpaired) electrons. The van der Waals surface area contributed by atoms with Crippen LogP contribution < -0.4 is 10.6 Å². The number of nitrogens with one attached hydrogen (secondary N) is 2. The lowest BCUT2D eigenvalue weighted by Crippen LogP contribution is -2.45. The lowest BCUT2D eigenvalue weighted by atomic mass is 10.2. The molecule has 1 aromatic carbocycles. The normalized spacial score (nSPS) is 20.0. The zero-order valence-corrected chi connectivity index (χ0v) is 9.76. The Hall–Kier alpha value is -1.17. The number of hydrogen-bond acceptors (Lipinski definition) is 3. The smallest absolute Gasteiger partial charge is 0.254 e. The van der Waals surface area contributed by atoms with Crippen LogP contribution in [0.1, 0.15) is 0 Å². The number of morpholine rings is 1. The maximum Gasteiger partial charge on any atom is 0.254 e. The van der Waals surface area contributed by atoms with Gasteiger partial charge in [0.2, 0.25) is 0 Å². The van der Waals surface area contributed by atoms with Crippen molar-refractivity contribution >= 4 is 23.2 Å². The second-order valence-corrected chi connectivity index (χ2v) is 4.06. The van der Waals surface area contributed by atoms with Gasteiger partial charge in [0.15, 0.2) is 5.82 Å². The van der Waals surface area contributed by atoms with E-state index in [1.54, 1.807) is 6.07 Å². The third-order valence-corrected chi connectivity index (χ3v) is 2.72. The van der Waals surface area contributed by atoms with E-state index in [1.165, 1.54) is 12.1 Å². The number of rotatable bonds is 2. The van der Waals surface area contributed by atoms with Crippen molar-refractivity contribution in [2.45, 2.75) is 6.10 Å². The zero-order valence-electron chi connectivity index (χ0n) is 9.00. The molecule has 0 saturated carbocycles. The standard InChI is InChI=1S/C11H12ClFN2O2/c12-7-2-1-3-8(10(7)13)15-11(16)9-6-14-4-5-17-9/h1-3,9,14H,4-6H2,(H,15,16). The van der Waals surface area contributed by atoms with E-state index in [9.17, 15) is 9.18 Å². The Morgan fingerprint density at radius 3 is 3.12 bits per heavy atom. The fourth-order valence-corrected chi connectivity index (χ4v) is 1.72. The molecule has 0 spiro atoms. The molecule has 1 heterocycles. The average Bonchev–Trinajstić information content (AvgIpc) is 2.36. The number of anilines is 1. The SMILES string of the molecule is O=C(Nc1cccc(Cl)c1F)C1CNCCO1. The topological polar surface area (TPSA) is 50.4 Å². The second-order valence-electron chi connectivity index (χ2n) is 3.65. The summed E-state index contributed by atoms with van der Waals surface area (Å²) in [5.41, 5.74) is 0.0664. The largest absolute Gasteiger partial charge is 0.366 e. The van der Waals surface area contributed by atoms with Gasteiger partial charge in [-0.15, -0.1) is 0 Å². The number of halogens is 2. The van der Waals surface area contributed by atoms with Gasteiger partial charge in [0.1, 0.15) is 6.10 Å². The Morgan fingerprint density at radius 1 is 1.59 bits per heavy atom. The number of benzene rings is 1. The molecule has 2 N–H and O–H groups in total. The maximum absolute atomic E-state index is 13.5. The second kappa shape index (κ2) is 5.44. The van der Waals surface area contributed by atoms with Crippen molar-refractivity contribution in [2.75, 3.05) is 25.0 Å². The van der Waals surface area contributed by atoms with Crippen LogP contribution >= 0.6 is 11.6 Å². The fourth-order valence-electron chi connectivity index (χ4n) is 1.55. The minimum atomic E-state index is -0.633. The van der Waals surface area contributed by atoms with E-state index in [0.29, 0.717) is 13.2 Å². The van der Waals surface area contributed by atoms with Gasteiger partial charge in [0, 0.05) is 13.1 Å². The predicted molar refractivity (Wildman–Crippen MR) is 62.6 cm³/mol. The summed E-state index contributed by atoms with van der Waals surface area (Å²) in [6, 6.07) is 4.45. The molecule has 1 aliphatic rings. The van der Waals surface area contributed by atoms with Crippen molar-refractivity contribution in [3.63, 3.8) is 0 Å². The highest BCUT2D eigenvalue weighted by molar-refractivity contribution is 6.31. The summed E-state index contributed by atoms with van der Waals surface area (Å²) in [6.45, 7) is 1.61. The van der Waals surface area contributed by atoms with Gasteiger partial charge in [0.05, 0.1) is 17.3 Å². The molecule has 0 aliphatic carbocycles. The molecule has 1 saturated heterocycles. The first-order valence-corrected chi connectivity index (χ1v) is 5.63. The van der Waals surface area contributed by atoms with Crippen LogP contribution in [0, 0.1) is 5.82 Å². The zero-order chi connectivity index (χ0) is 12.3. The molecule has 92 valence electrons. The predicted octanol–water partition coefficient (Wildman–Crippen LogP) is 1.41. The van der Waals surface area contributed by atoms with Gasteiger partial charge in [-0.05, 0) is 12.1 Å². The summed E-state index contributed by atoms with van der Waals surface area (Å²) in [6.07, 6.45) is -0.595. The van der Waals surface area contributed by atoms with Crippen LogP contribution in [0.4, 0.5) is 10.1 Å². The minimum absolute atomic E-state index is 0.0227. The van der Waals surface area contributed by atoms with Crippen molar-refractivity contribution in [2.24, 2.45) is 0 Å². The Balaban J connectivity index is 2.04. The molecule has 2 rings (SSSR count). The number of amides is 1. The quantitative estimate of drug-likeness (QED) is 0.843. The van der Waals surface area contributed by atoms with Gasteiger partial charge in [-0.1, -0.05) is 17.7 Å². The van der Waals surface area contributed by atoms with Gasteiger partial charge in [-0.25, -0.2) is 4.39 Å².